The molecule has 0 fully saturated rings. The summed E-state index contributed by atoms with van der Waals surface area (Å²) in [6.45, 7) is 0. The molecule has 1 atom stereocenters. The van der Waals surface area contributed by atoms with Crippen LogP contribution < -0.4 is 10.5 Å². The van der Waals surface area contributed by atoms with E-state index in [2.05, 4.69) is 0 Å². The Labute approximate surface area is 127 Å². The van der Waals surface area contributed by atoms with Crippen LogP contribution in [-0.4, -0.2) is 7.11 Å². The molecule has 0 spiro atoms. The van der Waals surface area contributed by atoms with Crippen molar-refractivity contribution in [2.75, 3.05) is 7.11 Å². The Hall–Kier alpha value is -0.930. The van der Waals surface area contributed by atoms with E-state index in [1.807, 2.05) is 0 Å². The molecule has 1 unspecified atom stereocenters. The van der Waals surface area contributed by atoms with Gasteiger partial charge in [0.15, 0.2) is 0 Å². The second kappa shape index (κ2) is 6.02. The largest absolute Gasteiger partial charge is 0.496 e. The van der Waals surface area contributed by atoms with E-state index in [0.29, 0.717) is 20.8 Å². The van der Waals surface area contributed by atoms with E-state index in [9.17, 15) is 0 Å². The van der Waals surface area contributed by atoms with Gasteiger partial charge in [-0.05, 0) is 35.9 Å². The number of rotatable bonds is 3. The summed E-state index contributed by atoms with van der Waals surface area (Å²) >= 11 is 18.1. The van der Waals surface area contributed by atoms with Crippen molar-refractivity contribution in [1.82, 2.24) is 0 Å². The lowest BCUT2D eigenvalue weighted by Gasteiger charge is -2.17. The van der Waals surface area contributed by atoms with Crippen LogP contribution in [0.4, 0.5) is 0 Å². The Kier molecular flexibility index (Phi) is 4.58. The van der Waals surface area contributed by atoms with E-state index in [1.54, 1.807) is 43.5 Å². The minimum atomic E-state index is -0.432. The zero-order valence-electron chi connectivity index (χ0n) is 10.2. The van der Waals surface area contributed by atoms with E-state index < -0.39 is 6.04 Å². The third-order valence-electron chi connectivity index (χ3n) is 2.82. The lowest BCUT2D eigenvalue weighted by Crippen LogP contribution is -2.13. The molecule has 0 aliphatic carbocycles. The minimum absolute atomic E-state index is 0.432. The molecule has 19 heavy (non-hydrogen) atoms. The van der Waals surface area contributed by atoms with Crippen molar-refractivity contribution in [2.45, 2.75) is 6.04 Å². The monoisotopic (exact) mass is 315 g/mol. The van der Waals surface area contributed by atoms with E-state index in [1.165, 1.54) is 0 Å². The van der Waals surface area contributed by atoms with Crippen molar-refractivity contribution >= 4 is 34.8 Å². The van der Waals surface area contributed by atoms with Crippen molar-refractivity contribution in [2.24, 2.45) is 5.73 Å². The predicted molar refractivity (Wildman–Crippen MR) is 80.5 cm³/mol. The van der Waals surface area contributed by atoms with Gasteiger partial charge in [-0.2, -0.15) is 0 Å². The van der Waals surface area contributed by atoms with Gasteiger partial charge >= 0.3 is 0 Å². The normalized spacial score (nSPS) is 12.3. The van der Waals surface area contributed by atoms with Crippen molar-refractivity contribution in [3.8, 4) is 5.75 Å². The SMILES string of the molecule is COc1ccc(Cl)cc1C(N)c1ccc(Cl)cc1Cl. The number of nitrogens with two attached hydrogens (primary N) is 1. The Bertz CT molecular complexity index is 601. The maximum atomic E-state index is 6.25. The highest BCUT2D eigenvalue weighted by molar-refractivity contribution is 6.35. The van der Waals surface area contributed by atoms with Crippen molar-refractivity contribution in [3.63, 3.8) is 0 Å². The first-order valence-electron chi connectivity index (χ1n) is 5.57. The molecule has 100 valence electrons. The summed E-state index contributed by atoms with van der Waals surface area (Å²) in [7, 11) is 1.59. The summed E-state index contributed by atoms with van der Waals surface area (Å²) in [5.41, 5.74) is 7.79. The molecule has 0 saturated heterocycles. The Balaban J connectivity index is 2.49. The second-order valence-electron chi connectivity index (χ2n) is 4.03. The number of hydrogen-bond donors (Lipinski definition) is 1. The highest BCUT2D eigenvalue weighted by Crippen LogP contribution is 2.34. The van der Waals surface area contributed by atoms with Gasteiger partial charge in [-0.3, -0.25) is 0 Å². The summed E-state index contributed by atoms with van der Waals surface area (Å²) in [6.07, 6.45) is 0. The number of ether oxygens (including phenoxy) is 1. The molecular weight excluding hydrogens is 305 g/mol. The second-order valence-corrected chi connectivity index (χ2v) is 5.31. The van der Waals surface area contributed by atoms with Gasteiger partial charge in [-0.1, -0.05) is 40.9 Å². The Morgan fingerprint density at radius 1 is 0.947 bits per heavy atom. The van der Waals surface area contributed by atoms with Crippen LogP contribution in [0.25, 0.3) is 0 Å². The number of methoxy groups -OCH3 is 1. The predicted octanol–water partition coefficient (Wildman–Crippen LogP) is 4.70. The van der Waals surface area contributed by atoms with Gasteiger partial charge in [0.2, 0.25) is 0 Å². The molecule has 2 nitrogen and oxygen atoms in total. The highest BCUT2D eigenvalue weighted by atomic mass is 35.5. The zero-order chi connectivity index (χ0) is 14.0. The van der Waals surface area contributed by atoms with Gasteiger partial charge < -0.3 is 10.5 Å². The standard InChI is InChI=1S/C14H12Cl3NO/c1-19-13-5-3-8(15)6-11(13)14(18)10-4-2-9(16)7-12(10)17/h2-7,14H,18H2,1H3. The fraction of sp³-hybridized carbons (Fsp3) is 0.143. The number of halogens is 3. The van der Waals surface area contributed by atoms with Crippen LogP contribution in [-0.2, 0) is 0 Å². The van der Waals surface area contributed by atoms with Crippen LogP contribution in [0.15, 0.2) is 36.4 Å². The molecule has 0 radical (unpaired) electrons. The first-order valence-corrected chi connectivity index (χ1v) is 6.70. The first kappa shape index (κ1) is 14.5. The summed E-state index contributed by atoms with van der Waals surface area (Å²) in [5, 5.41) is 1.68. The smallest absolute Gasteiger partial charge is 0.124 e. The molecule has 0 heterocycles. The van der Waals surface area contributed by atoms with Crippen LogP contribution in [0.5, 0.6) is 5.75 Å². The lowest BCUT2D eigenvalue weighted by atomic mass is 9.98. The molecule has 0 aliphatic heterocycles. The molecule has 2 rings (SSSR count). The van der Waals surface area contributed by atoms with Crippen LogP contribution in [0.1, 0.15) is 17.2 Å². The molecule has 2 aromatic carbocycles. The molecule has 0 saturated carbocycles. The van der Waals surface area contributed by atoms with Gasteiger partial charge in [0, 0.05) is 20.6 Å². The summed E-state index contributed by atoms with van der Waals surface area (Å²) in [5.74, 6) is 0.669. The molecule has 0 bridgehead atoms. The Morgan fingerprint density at radius 2 is 1.58 bits per heavy atom. The molecule has 2 N–H and O–H groups in total. The lowest BCUT2D eigenvalue weighted by molar-refractivity contribution is 0.408. The van der Waals surface area contributed by atoms with E-state index in [0.717, 1.165) is 11.1 Å². The van der Waals surface area contributed by atoms with Gasteiger partial charge in [0.25, 0.3) is 0 Å². The number of benzene rings is 2. The van der Waals surface area contributed by atoms with Crippen molar-refractivity contribution < 1.29 is 4.74 Å². The molecular formula is C14H12Cl3NO. The van der Waals surface area contributed by atoms with E-state index in [-0.39, 0.29) is 0 Å². The van der Waals surface area contributed by atoms with Crippen molar-refractivity contribution in [3.05, 3.63) is 62.6 Å². The quantitative estimate of drug-likeness (QED) is 0.890. The summed E-state index contributed by atoms with van der Waals surface area (Å²) < 4.78 is 5.30. The van der Waals surface area contributed by atoms with E-state index in [4.69, 9.17) is 45.3 Å². The third kappa shape index (κ3) is 3.15. The average Bonchev–Trinajstić information content (AvgIpc) is 2.38. The molecule has 0 amide bonds. The highest BCUT2D eigenvalue weighted by Gasteiger charge is 2.17. The summed E-state index contributed by atoms with van der Waals surface area (Å²) in [6, 6.07) is 10.1. The van der Waals surface area contributed by atoms with Crippen LogP contribution in [0.2, 0.25) is 15.1 Å². The van der Waals surface area contributed by atoms with Gasteiger partial charge in [0.1, 0.15) is 5.75 Å². The molecule has 5 heteroatoms. The fourth-order valence-corrected chi connectivity index (χ4v) is 2.58. The van der Waals surface area contributed by atoms with E-state index >= 15 is 0 Å². The van der Waals surface area contributed by atoms with Gasteiger partial charge in [-0.25, -0.2) is 0 Å². The minimum Gasteiger partial charge on any atom is -0.496 e. The average molecular weight is 317 g/mol. The number of hydrogen-bond acceptors (Lipinski definition) is 2. The molecule has 2 aromatic rings. The summed E-state index contributed by atoms with van der Waals surface area (Å²) in [4.78, 5) is 0. The zero-order valence-corrected chi connectivity index (χ0v) is 12.4. The third-order valence-corrected chi connectivity index (χ3v) is 3.62. The molecule has 0 aromatic heterocycles. The van der Waals surface area contributed by atoms with Crippen LogP contribution in [0, 0.1) is 0 Å². The Morgan fingerprint density at radius 3 is 2.21 bits per heavy atom. The van der Waals surface area contributed by atoms with Crippen molar-refractivity contribution in [1.29, 1.82) is 0 Å². The first-order chi connectivity index (χ1) is 9.02. The topological polar surface area (TPSA) is 35.2 Å². The van der Waals surface area contributed by atoms with Crippen LogP contribution in [0.3, 0.4) is 0 Å². The van der Waals surface area contributed by atoms with Gasteiger partial charge in [0.05, 0.1) is 13.2 Å². The van der Waals surface area contributed by atoms with Gasteiger partial charge in [-0.15, -0.1) is 0 Å². The fourth-order valence-electron chi connectivity index (χ4n) is 1.87. The maximum absolute atomic E-state index is 6.25. The maximum Gasteiger partial charge on any atom is 0.124 e. The van der Waals surface area contributed by atoms with Crippen LogP contribution >= 0.6 is 34.8 Å². The molecule has 0 aliphatic rings.